The van der Waals surface area contributed by atoms with Crippen molar-refractivity contribution in [1.82, 2.24) is 10.2 Å². The molecule has 1 rings (SSSR count). The van der Waals surface area contributed by atoms with E-state index >= 15 is 0 Å². The first-order valence-electron chi connectivity index (χ1n) is 8.39. The fourth-order valence-electron chi connectivity index (χ4n) is 2.63. The summed E-state index contributed by atoms with van der Waals surface area (Å²) in [6.45, 7) is 9.81. The van der Waals surface area contributed by atoms with E-state index in [1.165, 1.54) is 0 Å². The molecule has 1 saturated heterocycles. The van der Waals surface area contributed by atoms with E-state index in [0.717, 1.165) is 19.3 Å². The van der Waals surface area contributed by atoms with Crippen molar-refractivity contribution in [3.63, 3.8) is 0 Å². The SMILES string of the molecule is CCC(C)[C@H](NC(=O)OC(C)(C)C)C(=O)N1CCCC[C@H]1C#N. The van der Waals surface area contributed by atoms with E-state index in [1.54, 1.807) is 25.7 Å². The topological polar surface area (TPSA) is 82.4 Å². The van der Waals surface area contributed by atoms with Gasteiger partial charge in [-0.1, -0.05) is 20.3 Å². The average Bonchev–Trinajstić information content (AvgIpc) is 2.49. The van der Waals surface area contributed by atoms with Crippen molar-refractivity contribution in [2.24, 2.45) is 5.92 Å². The van der Waals surface area contributed by atoms with E-state index in [9.17, 15) is 14.9 Å². The number of piperidine rings is 1. The molecule has 0 radical (unpaired) electrons. The predicted octanol–water partition coefficient (Wildman–Crippen LogP) is 2.83. The lowest BCUT2D eigenvalue weighted by Crippen LogP contribution is -2.55. The molecule has 0 aliphatic carbocycles. The molecule has 1 N–H and O–H groups in total. The van der Waals surface area contributed by atoms with Gasteiger partial charge in [0.25, 0.3) is 0 Å². The number of ether oxygens (including phenoxy) is 1. The van der Waals surface area contributed by atoms with Gasteiger partial charge in [0.05, 0.1) is 6.07 Å². The summed E-state index contributed by atoms with van der Waals surface area (Å²) >= 11 is 0. The normalized spacial score (nSPS) is 21.0. The Bertz CT molecular complexity index is 465. The molecular weight excluding hydrogens is 294 g/mol. The Labute approximate surface area is 139 Å². The van der Waals surface area contributed by atoms with E-state index in [4.69, 9.17) is 4.74 Å². The Morgan fingerprint density at radius 1 is 1.39 bits per heavy atom. The van der Waals surface area contributed by atoms with Gasteiger partial charge in [-0.25, -0.2) is 4.79 Å². The lowest BCUT2D eigenvalue weighted by atomic mass is 9.95. The van der Waals surface area contributed by atoms with E-state index in [0.29, 0.717) is 13.0 Å². The summed E-state index contributed by atoms with van der Waals surface area (Å²) in [5.41, 5.74) is -0.618. The van der Waals surface area contributed by atoms with Crippen LogP contribution >= 0.6 is 0 Å². The van der Waals surface area contributed by atoms with Crippen molar-refractivity contribution in [2.45, 2.75) is 78.0 Å². The fourth-order valence-corrected chi connectivity index (χ4v) is 2.63. The van der Waals surface area contributed by atoms with Crippen LogP contribution < -0.4 is 5.32 Å². The van der Waals surface area contributed by atoms with E-state index < -0.39 is 23.8 Å². The van der Waals surface area contributed by atoms with Crippen LogP contribution in [0.4, 0.5) is 4.79 Å². The van der Waals surface area contributed by atoms with Gasteiger partial charge in [-0.2, -0.15) is 5.26 Å². The molecular formula is C17H29N3O3. The van der Waals surface area contributed by atoms with Crippen LogP contribution in [0.5, 0.6) is 0 Å². The Balaban J connectivity index is 2.86. The molecule has 3 atom stereocenters. The zero-order valence-electron chi connectivity index (χ0n) is 14.9. The molecule has 1 heterocycles. The summed E-state index contributed by atoms with van der Waals surface area (Å²) in [5, 5.41) is 12.0. The number of nitriles is 1. The summed E-state index contributed by atoms with van der Waals surface area (Å²) in [5.74, 6) is -0.215. The minimum absolute atomic E-state index is 0.0312. The second-order valence-corrected chi connectivity index (χ2v) is 7.18. The maximum Gasteiger partial charge on any atom is 0.408 e. The summed E-state index contributed by atoms with van der Waals surface area (Å²) in [7, 11) is 0. The van der Waals surface area contributed by atoms with Crippen LogP contribution in [0.1, 0.15) is 60.3 Å². The van der Waals surface area contributed by atoms with Gasteiger partial charge in [0, 0.05) is 6.54 Å². The van der Waals surface area contributed by atoms with Crippen molar-refractivity contribution >= 4 is 12.0 Å². The first-order chi connectivity index (χ1) is 10.7. The van der Waals surface area contributed by atoms with Crippen LogP contribution in [-0.2, 0) is 9.53 Å². The lowest BCUT2D eigenvalue weighted by Gasteiger charge is -2.36. The van der Waals surface area contributed by atoms with Crippen LogP contribution in [0.3, 0.4) is 0 Å². The summed E-state index contributed by atoms with van der Waals surface area (Å²) in [6, 6.07) is 1.14. The predicted molar refractivity (Wildman–Crippen MR) is 87.6 cm³/mol. The Hall–Kier alpha value is -1.77. The minimum atomic E-state index is -0.663. The second-order valence-electron chi connectivity index (χ2n) is 7.18. The second kappa shape index (κ2) is 8.19. The highest BCUT2D eigenvalue weighted by molar-refractivity contribution is 5.86. The molecule has 6 heteroatoms. The number of carbonyl (C=O) groups is 2. The molecule has 23 heavy (non-hydrogen) atoms. The number of amides is 2. The van der Waals surface area contributed by atoms with Crippen LogP contribution in [0.25, 0.3) is 0 Å². The van der Waals surface area contributed by atoms with Crippen LogP contribution in [0.15, 0.2) is 0 Å². The third-order valence-electron chi connectivity index (χ3n) is 4.09. The van der Waals surface area contributed by atoms with Gasteiger partial charge >= 0.3 is 6.09 Å². The number of hydrogen-bond acceptors (Lipinski definition) is 4. The number of hydrogen-bond donors (Lipinski definition) is 1. The van der Waals surface area contributed by atoms with E-state index in [-0.39, 0.29) is 11.8 Å². The molecule has 0 bridgehead atoms. The first-order valence-corrected chi connectivity index (χ1v) is 8.39. The summed E-state index contributed by atoms with van der Waals surface area (Å²) < 4.78 is 5.27. The standard InChI is InChI=1S/C17H29N3O3/c1-6-12(2)14(19-16(22)23-17(3,4)5)15(21)20-10-8-7-9-13(20)11-18/h12-14H,6-10H2,1-5H3,(H,19,22)/t12?,13-,14-/m0/s1. The molecule has 6 nitrogen and oxygen atoms in total. The van der Waals surface area contributed by atoms with Crippen molar-refractivity contribution in [3.05, 3.63) is 0 Å². The van der Waals surface area contributed by atoms with Crippen molar-refractivity contribution in [2.75, 3.05) is 6.54 Å². The number of rotatable bonds is 4. The van der Waals surface area contributed by atoms with Gasteiger partial charge in [-0.15, -0.1) is 0 Å². The maximum absolute atomic E-state index is 12.9. The Morgan fingerprint density at radius 3 is 2.57 bits per heavy atom. The number of nitrogens with one attached hydrogen (secondary N) is 1. The Kier molecular flexibility index (Phi) is 6.86. The van der Waals surface area contributed by atoms with E-state index in [2.05, 4.69) is 11.4 Å². The van der Waals surface area contributed by atoms with Crippen LogP contribution in [-0.4, -0.2) is 41.1 Å². The molecule has 1 aliphatic heterocycles. The lowest BCUT2D eigenvalue weighted by molar-refractivity contribution is -0.137. The monoisotopic (exact) mass is 323 g/mol. The van der Waals surface area contributed by atoms with Gasteiger partial charge in [-0.05, 0) is 46.0 Å². The molecule has 0 aromatic carbocycles. The van der Waals surface area contributed by atoms with Crippen molar-refractivity contribution in [1.29, 1.82) is 5.26 Å². The largest absolute Gasteiger partial charge is 0.444 e. The van der Waals surface area contributed by atoms with Gasteiger partial charge in [0.2, 0.25) is 5.91 Å². The van der Waals surface area contributed by atoms with Gasteiger partial charge in [0.15, 0.2) is 0 Å². The van der Waals surface area contributed by atoms with Crippen molar-refractivity contribution < 1.29 is 14.3 Å². The van der Waals surface area contributed by atoms with Crippen molar-refractivity contribution in [3.8, 4) is 6.07 Å². The van der Waals surface area contributed by atoms with Gasteiger partial charge < -0.3 is 15.0 Å². The summed E-state index contributed by atoms with van der Waals surface area (Å²) in [6.07, 6.45) is 2.69. The maximum atomic E-state index is 12.9. The van der Waals surface area contributed by atoms with Crippen LogP contribution in [0, 0.1) is 17.2 Å². The highest BCUT2D eigenvalue weighted by atomic mass is 16.6. The van der Waals surface area contributed by atoms with Gasteiger partial charge in [0.1, 0.15) is 17.7 Å². The molecule has 0 spiro atoms. The number of likely N-dealkylation sites (tertiary alicyclic amines) is 1. The zero-order chi connectivity index (χ0) is 17.6. The molecule has 2 amide bonds. The number of nitrogens with zero attached hydrogens (tertiary/aromatic N) is 2. The number of carbonyl (C=O) groups excluding carboxylic acids is 2. The third-order valence-corrected chi connectivity index (χ3v) is 4.09. The van der Waals surface area contributed by atoms with Gasteiger partial charge in [-0.3, -0.25) is 4.79 Å². The summed E-state index contributed by atoms with van der Waals surface area (Å²) in [4.78, 5) is 26.5. The quantitative estimate of drug-likeness (QED) is 0.862. The smallest absolute Gasteiger partial charge is 0.408 e. The first kappa shape index (κ1) is 19.3. The highest BCUT2D eigenvalue weighted by Crippen LogP contribution is 2.20. The van der Waals surface area contributed by atoms with E-state index in [1.807, 2.05) is 13.8 Å². The Morgan fingerprint density at radius 2 is 2.04 bits per heavy atom. The molecule has 0 saturated carbocycles. The molecule has 130 valence electrons. The molecule has 1 aliphatic rings. The third kappa shape index (κ3) is 5.74. The molecule has 0 aromatic heterocycles. The zero-order valence-corrected chi connectivity index (χ0v) is 14.9. The number of alkyl carbamates (subject to hydrolysis) is 1. The average molecular weight is 323 g/mol. The molecule has 1 unspecified atom stereocenters. The highest BCUT2D eigenvalue weighted by Gasteiger charge is 2.35. The molecule has 0 aromatic rings. The van der Waals surface area contributed by atoms with Crippen LogP contribution in [0.2, 0.25) is 0 Å². The molecule has 1 fully saturated rings. The fraction of sp³-hybridized carbons (Fsp3) is 0.824. The minimum Gasteiger partial charge on any atom is -0.444 e.